The summed E-state index contributed by atoms with van der Waals surface area (Å²) in [5.41, 5.74) is 1.68. The lowest BCUT2D eigenvalue weighted by Gasteiger charge is -2.17. The van der Waals surface area contributed by atoms with E-state index in [0.717, 1.165) is 42.3 Å². The van der Waals surface area contributed by atoms with Crippen LogP contribution in [-0.4, -0.2) is 21.2 Å². The van der Waals surface area contributed by atoms with E-state index in [1.165, 1.54) is 40.0 Å². The highest BCUT2D eigenvalue weighted by Gasteiger charge is 2.23. The minimum Gasteiger partial charge on any atom is -0.316 e. The first kappa shape index (κ1) is 22.1. The summed E-state index contributed by atoms with van der Waals surface area (Å²) in [6.07, 6.45) is 6.26. The van der Waals surface area contributed by atoms with Crippen molar-refractivity contribution in [1.29, 1.82) is 5.26 Å². The molecule has 6 nitrogen and oxygen atoms in total. The molecule has 31 heavy (non-hydrogen) atoms. The highest BCUT2D eigenvalue weighted by atomic mass is 32.2. The van der Waals surface area contributed by atoms with Gasteiger partial charge in [0.25, 0.3) is 5.56 Å². The number of aromatic nitrogens is 2. The van der Waals surface area contributed by atoms with Crippen LogP contribution in [0.3, 0.4) is 0 Å². The Kier molecular flexibility index (Phi) is 6.80. The molecule has 0 bridgehead atoms. The standard InChI is InChI=1S/C22H24N4O2S3/c1-3-13(2)26-21(28)18-15-7-5-4-6-8-16(15)31-20(18)25-22(26)30-12-17(27)24-19-14(11-23)9-10-29-19/h9-10,13H,3-8,12H2,1-2H3,(H,24,27). The molecule has 0 saturated carbocycles. The van der Waals surface area contributed by atoms with Gasteiger partial charge in [0.2, 0.25) is 5.91 Å². The van der Waals surface area contributed by atoms with E-state index in [1.54, 1.807) is 27.4 Å². The molecule has 0 fully saturated rings. The number of hydrogen-bond acceptors (Lipinski definition) is 7. The summed E-state index contributed by atoms with van der Waals surface area (Å²) in [5, 5.41) is 15.6. The Morgan fingerprint density at radius 1 is 1.39 bits per heavy atom. The molecule has 0 spiro atoms. The Morgan fingerprint density at radius 3 is 2.97 bits per heavy atom. The number of thiophene rings is 2. The van der Waals surface area contributed by atoms with Crippen LogP contribution < -0.4 is 10.9 Å². The molecule has 4 rings (SSSR count). The molecular weight excluding hydrogens is 448 g/mol. The number of rotatable bonds is 6. The van der Waals surface area contributed by atoms with Gasteiger partial charge in [-0.05, 0) is 56.0 Å². The minimum absolute atomic E-state index is 0.00113. The van der Waals surface area contributed by atoms with Gasteiger partial charge in [-0.15, -0.1) is 22.7 Å². The van der Waals surface area contributed by atoms with E-state index >= 15 is 0 Å². The third-order valence-corrected chi connectivity index (χ3v) is 8.61. The number of fused-ring (bicyclic) bond motifs is 3. The van der Waals surface area contributed by atoms with Crippen LogP contribution in [0.5, 0.6) is 0 Å². The number of thioether (sulfide) groups is 1. The number of nitriles is 1. The van der Waals surface area contributed by atoms with Gasteiger partial charge in [-0.3, -0.25) is 14.2 Å². The largest absolute Gasteiger partial charge is 0.316 e. The van der Waals surface area contributed by atoms with E-state index in [1.807, 2.05) is 6.92 Å². The second kappa shape index (κ2) is 9.55. The molecule has 1 unspecified atom stereocenters. The highest BCUT2D eigenvalue weighted by molar-refractivity contribution is 7.99. The van der Waals surface area contributed by atoms with Gasteiger partial charge < -0.3 is 5.32 Å². The number of nitrogens with one attached hydrogen (secondary N) is 1. The molecule has 0 saturated heterocycles. The van der Waals surface area contributed by atoms with Crippen molar-refractivity contribution in [3.05, 3.63) is 37.8 Å². The van der Waals surface area contributed by atoms with Crippen molar-refractivity contribution in [2.24, 2.45) is 0 Å². The zero-order chi connectivity index (χ0) is 22.0. The molecular formula is C22H24N4O2S3. The molecule has 162 valence electrons. The second-order valence-electron chi connectivity index (χ2n) is 7.68. The summed E-state index contributed by atoms with van der Waals surface area (Å²) >= 11 is 4.25. The Bertz CT molecular complexity index is 1220. The van der Waals surface area contributed by atoms with Crippen LogP contribution in [0.4, 0.5) is 5.00 Å². The van der Waals surface area contributed by atoms with E-state index < -0.39 is 0 Å². The molecule has 0 aliphatic heterocycles. The molecule has 3 aromatic heterocycles. The first-order valence-electron chi connectivity index (χ1n) is 10.5. The maximum absolute atomic E-state index is 13.6. The average molecular weight is 473 g/mol. The van der Waals surface area contributed by atoms with E-state index in [0.29, 0.717) is 15.7 Å². The van der Waals surface area contributed by atoms with Gasteiger partial charge in [-0.25, -0.2) is 4.98 Å². The lowest BCUT2D eigenvalue weighted by molar-refractivity contribution is -0.113. The number of nitrogens with zero attached hydrogens (tertiary/aromatic N) is 3. The predicted octanol–water partition coefficient (Wildman–Crippen LogP) is 5.36. The fourth-order valence-corrected chi connectivity index (χ4v) is 6.79. The van der Waals surface area contributed by atoms with Crippen molar-refractivity contribution in [3.8, 4) is 6.07 Å². The lowest BCUT2D eigenvalue weighted by Crippen LogP contribution is -2.27. The van der Waals surface area contributed by atoms with Gasteiger partial charge in [-0.1, -0.05) is 25.1 Å². The molecule has 3 heterocycles. The predicted molar refractivity (Wildman–Crippen MR) is 129 cm³/mol. The zero-order valence-corrected chi connectivity index (χ0v) is 20.0. The smallest absolute Gasteiger partial charge is 0.263 e. The van der Waals surface area contributed by atoms with Crippen molar-refractivity contribution in [1.82, 2.24) is 9.55 Å². The molecule has 1 aliphatic carbocycles. The van der Waals surface area contributed by atoms with Gasteiger partial charge in [-0.2, -0.15) is 5.26 Å². The number of carbonyl (C=O) groups is 1. The third kappa shape index (κ3) is 4.43. The van der Waals surface area contributed by atoms with Crippen LogP contribution in [0.25, 0.3) is 10.2 Å². The summed E-state index contributed by atoms with van der Waals surface area (Å²) in [6.45, 7) is 4.08. The summed E-state index contributed by atoms with van der Waals surface area (Å²) < 4.78 is 1.77. The van der Waals surface area contributed by atoms with Gasteiger partial charge in [0, 0.05) is 10.9 Å². The fourth-order valence-electron chi connectivity index (χ4n) is 3.84. The summed E-state index contributed by atoms with van der Waals surface area (Å²) in [7, 11) is 0. The molecule has 1 amide bonds. The topological polar surface area (TPSA) is 87.8 Å². The summed E-state index contributed by atoms with van der Waals surface area (Å²) in [6, 6.07) is 3.76. The van der Waals surface area contributed by atoms with E-state index in [-0.39, 0.29) is 23.3 Å². The van der Waals surface area contributed by atoms with Gasteiger partial charge in [0.15, 0.2) is 5.16 Å². The van der Waals surface area contributed by atoms with E-state index in [2.05, 4.69) is 18.3 Å². The van der Waals surface area contributed by atoms with Crippen molar-refractivity contribution in [2.45, 2.75) is 63.6 Å². The molecule has 1 aliphatic rings. The van der Waals surface area contributed by atoms with Crippen molar-refractivity contribution in [2.75, 3.05) is 11.1 Å². The van der Waals surface area contributed by atoms with Gasteiger partial charge in [0.05, 0.1) is 16.7 Å². The minimum atomic E-state index is -0.212. The quantitative estimate of drug-likeness (QED) is 0.296. The number of anilines is 1. The molecule has 1 atom stereocenters. The lowest BCUT2D eigenvalue weighted by atomic mass is 10.1. The first-order valence-corrected chi connectivity index (χ1v) is 13.2. The average Bonchev–Trinajstić information content (AvgIpc) is 3.28. The molecule has 0 radical (unpaired) electrons. The number of carbonyl (C=O) groups excluding carboxylic acids is 1. The monoisotopic (exact) mass is 472 g/mol. The Morgan fingerprint density at radius 2 is 2.19 bits per heavy atom. The Hall–Kier alpha value is -2.15. The zero-order valence-electron chi connectivity index (χ0n) is 17.6. The maximum atomic E-state index is 13.6. The van der Waals surface area contributed by atoms with Crippen molar-refractivity contribution >= 4 is 55.6 Å². The Balaban J connectivity index is 1.66. The van der Waals surface area contributed by atoms with Gasteiger partial charge in [0.1, 0.15) is 15.9 Å². The molecule has 1 N–H and O–H groups in total. The van der Waals surface area contributed by atoms with E-state index in [9.17, 15) is 9.59 Å². The first-order chi connectivity index (χ1) is 15.0. The van der Waals surface area contributed by atoms with Gasteiger partial charge >= 0.3 is 0 Å². The summed E-state index contributed by atoms with van der Waals surface area (Å²) in [4.78, 5) is 33.0. The van der Waals surface area contributed by atoms with E-state index in [4.69, 9.17) is 10.2 Å². The normalized spacial score (nSPS) is 14.6. The second-order valence-corrected chi connectivity index (χ2v) is 10.6. The highest BCUT2D eigenvalue weighted by Crippen LogP contribution is 2.35. The molecule has 9 heteroatoms. The molecule has 0 aromatic carbocycles. The number of amides is 1. The van der Waals surface area contributed by atoms with Crippen molar-refractivity contribution < 1.29 is 4.79 Å². The number of aryl methyl sites for hydroxylation is 2. The van der Waals surface area contributed by atoms with Crippen LogP contribution in [-0.2, 0) is 17.6 Å². The maximum Gasteiger partial charge on any atom is 0.263 e. The summed E-state index contributed by atoms with van der Waals surface area (Å²) in [5.74, 6) is -0.0849. The molecule has 3 aromatic rings. The van der Waals surface area contributed by atoms with Crippen LogP contribution >= 0.6 is 34.4 Å². The fraction of sp³-hybridized carbons (Fsp3) is 0.455. The number of hydrogen-bond donors (Lipinski definition) is 1. The Labute approximate surface area is 193 Å². The van der Waals surface area contributed by atoms with Crippen LogP contribution in [0, 0.1) is 11.3 Å². The SMILES string of the molecule is CCC(C)n1c(SCC(=O)Nc2sccc2C#N)nc2sc3c(c2c1=O)CCCCC3. The van der Waals surface area contributed by atoms with Crippen molar-refractivity contribution in [3.63, 3.8) is 0 Å². The van der Waals surface area contributed by atoms with Crippen LogP contribution in [0.15, 0.2) is 21.4 Å². The third-order valence-electron chi connectivity index (χ3n) is 5.64. The van der Waals surface area contributed by atoms with Crippen LogP contribution in [0.2, 0.25) is 0 Å². The van der Waals surface area contributed by atoms with Crippen LogP contribution in [0.1, 0.15) is 61.6 Å².